The van der Waals surface area contributed by atoms with Crippen molar-refractivity contribution in [2.75, 3.05) is 10.0 Å². The number of hydrogen-bond acceptors (Lipinski definition) is 3. The van der Waals surface area contributed by atoms with Crippen LogP contribution in [0.15, 0.2) is 71.6 Å². The molecule has 3 aromatic carbocycles. The van der Waals surface area contributed by atoms with Gasteiger partial charge in [0.15, 0.2) is 0 Å². The molecule has 0 aliphatic rings. The lowest BCUT2D eigenvalue weighted by molar-refractivity contribution is 0.102. The average Bonchev–Trinajstić information content (AvgIpc) is 2.64. The topological polar surface area (TPSA) is 75.3 Å². The number of aryl methyl sites for hydroxylation is 3. The van der Waals surface area contributed by atoms with Crippen LogP contribution in [0.2, 0.25) is 0 Å². The lowest BCUT2D eigenvalue weighted by Crippen LogP contribution is -2.18. The number of amides is 1. The number of nitrogens with one attached hydrogen (secondary N) is 2. The Balaban J connectivity index is 1.92. The molecule has 0 atom stereocenters. The van der Waals surface area contributed by atoms with Gasteiger partial charge < -0.3 is 5.32 Å². The largest absolute Gasteiger partial charge is 0.320 e. The summed E-state index contributed by atoms with van der Waals surface area (Å²) in [6.45, 7) is 5.60. The summed E-state index contributed by atoms with van der Waals surface area (Å²) in [4.78, 5) is 12.8. The standard InChI is InChI=1S/C22H22N2O3S/c1-15-8-11-18(12-9-15)28(26,27)24-21-14-16(2)10-13-20(21)23-22(25)19-7-5-4-6-17(19)3/h4-14,24H,1-3H3,(H,23,25). The van der Waals surface area contributed by atoms with Crippen LogP contribution < -0.4 is 10.0 Å². The summed E-state index contributed by atoms with van der Waals surface area (Å²) in [5, 5.41) is 2.81. The molecule has 2 N–H and O–H groups in total. The highest BCUT2D eigenvalue weighted by molar-refractivity contribution is 7.92. The Morgan fingerprint density at radius 3 is 2.11 bits per heavy atom. The number of hydrogen-bond donors (Lipinski definition) is 2. The molecule has 0 saturated heterocycles. The van der Waals surface area contributed by atoms with E-state index >= 15 is 0 Å². The Morgan fingerprint density at radius 1 is 0.786 bits per heavy atom. The van der Waals surface area contributed by atoms with Crippen molar-refractivity contribution in [2.24, 2.45) is 0 Å². The zero-order chi connectivity index (χ0) is 20.3. The van der Waals surface area contributed by atoms with Crippen LogP contribution in [-0.4, -0.2) is 14.3 Å². The van der Waals surface area contributed by atoms with Crippen LogP contribution in [-0.2, 0) is 10.0 Å². The van der Waals surface area contributed by atoms with E-state index in [4.69, 9.17) is 0 Å². The molecule has 0 unspecified atom stereocenters. The summed E-state index contributed by atoms with van der Waals surface area (Å²) >= 11 is 0. The molecule has 0 heterocycles. The molecular formula is C22H22N2O3S. The molecule has 0 spiro atoms. The summed E-state index contributed by atoms with van der Waals surface area (Å²) in [5.41, 5.74) is 3.94. The van der Waals surface area contributed by atoms with E-state index < -0.39 is 10.0 Å². The van der Waals surface area contributed by atoms with Crippen molar-refractivity contribution < 1.29 is 13.2 Å². The van der Waals surface area contributed by atoms with Gasteiger partial charge in [-0.2, -0.15) is 0 Å². The molecule has 144 valence electrons. The van der Waals surface area contributed by atoms with Crippen molar-refractivity contribution in [2.45, 2.75) is 25.7 Å². The van der Waals surface area contributed by atoms with E-state index in [0.717, 1.165) is 16.7 Å². The van der Waals surface area contributed by atoms with Gasteiger partial charge in [0.2, 0.25) is 0 Å². The molecule has 0 saturated carbocycles. The first kappa shape index (κ1) is 19.6. The quantitative estimate of drug-likeness (QED) is 0.661. The van der Waals surface area contributed by atoms with Crippen LogP contribution in [0.1, 0.15) is 27.0 Å². The molecule has 5 nitrogen and oxygen atoms in total. The molecule has 6 heteroatoms. The Bertz CT molecular complexity index is 1120. The minimum Gasteiger partial charge on any atom is -0.320 e. The number of carbonyl (C=O) groups is 1. The van der Waals surface area contributed by atoms with E-state index in [-0.39, 0.29) is 10.8 Å². The summed E-state index contributed by atoms with van der Waals surface area (Å²) in [5.74, 6) is -0.294. The van der Waals surface area contributed by atoms with Gasteiger partial charge in [0.25, 0.3) is 15.9 Å². The molecule has 0 aliphatic heterocycles. The molecule has 28 heavy (non-hydrogen) atoms. The number of rotatable bonds is 5. The van der Waals surface area contributed by atoms with Gasteiger partial charge in [-0.25, -0.2) is 8.42 Å². The van der Waals surface area contributed by atoms with Crippen molar-refractivity contribution in [3.05, 3.63) is 89.0 Å². The first-order valence-corrected chi connectivity index (χ1v) is 10.3. The van der Waals surface area contributed by atoms with E-state index in [0.29, 0.717) is 16.9 Å². The predicted octanol–water partition coefficient (Wildman–Crippen LogP) is 4.66. The predicted molar refractivity (Wildman–Crippen MR) is 112 cm³/mol. The maximum absolute atomic E-state index is 12.8. The van der Waals surface area contributed by atoms with Crippen molar-refractivity contribution in [3.63, 3.8) is 0 Å². The Kier molecular flexibility index (Phi) is 5.51. The third-order valence-corrected chi connectivity index (χ3v) is 5.77. The fraction of sp³-hybridized carbons (Fsp3) is 0.136. The lowest BCUT2D eigenvalue weighted by atomic mass is 10.1. The molecule has 3 aromatic rings. The minimum absolute atomic E-state index is 0.163. The van der Waals surface area contributed by atoms with Gasteiger partial charge in [0.05, 0.1) is 16.3 Å². The Morgan fingerprint density at radius 2 is 1.43 bits per heavy atom. The van der Waals surface area contributed by atoms with Gasteiger partial charge in [0.1, 0.15) is 0 Å². The van der Waals surface area contributed by atoms with E-state index in [2.05, 4.69) is 10.0 Å². The SMILES string of the molecule is Cc1ccc(S(=O)(=O)Nc2cc(C)ccc2NC(=O)c2ccccc2C)cc1. The van der Waals surface area contributed by atoms with Gasteiger partial charge in [-0.1, -0.05) is 42.0 Å². The molecule has 3 rings (SSSR count). The zero-order valence-corrected chi connectivity index (χ0v) is 16.8. The van der Waals surface area contributed by atoms with E-state index in [9.17, 15) is 13.2 Å². The van der Waals surface area contributed by atoms with Crippen LogP contribution >= 0.6 is 0 Å². The van der Waals surface area contributed by atoms with Crippen LogP contribution in [0.5, 0.6) is 0 Å². The van der Waals surface area contributed by atoms with Crippen LogP contribution in [0.3, 0.4) is 0 Å². The maximum Gasteiger partial charge on any atom is 0.261 e. The number of anilines is 2. The second kappa shape index (κ2) is 7.86. The van der Waals surface area contributed by atoms with Gasteiger partial charge >= 0.3 is 0 Å². The molecule has 0 radical (unpaired) electrons. The first-order valence-electron chi connectivity index (χ1n) is 8.83. The average molecular weight is 394 g/mol. The second-order valence-corrected chi connectivity index (χ2v) is 8.42. The molecule has 0 fully saturated rings. The van der Waals surface area contributed by atoms with Gasteiger partial charge in [-0.05, 0) is 62.2 Å². The molecular weight excluding hydrogens is 372 g/mol. The molecule has 1 amide bonds. The highest BCUT2D eigenvalue weighted by Crippen LogP contribution is 2.27. The van der Waals surface area contributed by atoms with Gasteiger partial charge in [-0.3, -0.25) is 9.52 Å². The molecule has 0 bridgehead atoms. The van der Waals surface area contributed by atoms with Crippen LogP contribution in [0, 0.1) is 20.8 Å². The minimum atomic E-state index is -3.78. The number of benzene rings is 3. The Hall–Kier alpha value is -3.12. The Labute approximate surface area is 165 Å². The fourth-order valence-corrected chi connectivity index (χ4v) is 3.86. The van der Waals surface area contributed by atoms with Crippen molar-refractivity contribution in [1.29, 1.82) is 0 Å². The first-order chi connectivity index (χ1) is 13.3. The van der Waals surface area contributed by atoms with Crippen molar-refractivity contribution in [1.82, 2.24) is 0 Å². The summed E-state index contributed by atoms with van der Waals surface area (Å²) in [6, 6.07) is 19.0. The molecule has 0 aromatic heterocycles. The maximum atomic E-state index is 12.8. The van der Waals surface area contributed by atoms with Crippen LogP contribution in [0.25, 0.3) is 0 Å². The normalized spacial score (nSPS) is 11.1. The second-order valence-electron chi connectivity index (χ2n) is 6.74. The lowest BCUT2D eigenvalue weighted by Gasteiger charge is -2.15. The zero-order valence-electron chi connectivity index (χ0n) is 16.0. The van der Waals surface area contributed by atoms with E-state index in [1.165, 1.54) is 0 Å². The van der Waals surface area contributed by atoms with E-state index in [1.807, 2.05) is 39.0 Å². The van der Waals surface area contributed by atoms with Crippen molar-refractivity contribution >= 4 is 27.3 Å². The highest BCUT2D eigenvalue weighted by atomic mass is 32.2. The third kappa shape index (κ3) is 4.40. The third-order valence-electron chi connectivity index (χ3n) is 4.39. The van der Waals surface area contributed by atoms with Crippen LogP contribution in [0.4, 0.5) is 11.4 Å². The monoisotopic (exact) mass is 394 g/mol. The number of carbonyl (C=O) groups excluding carboxylic acids is 1. The summed E-state index contributed by atoms with van der Waals surface area (Å²) < 4.78 is 28.1. The fourth-order valence-electron chi connectivity index (χ4n) is 2.79. The summed E-state index contributed by atoms with van der Waals surface area (Å²) in [7, 11) is -3.78. The van der Waals surface area contributed by atoms with Crippen molar-refractivity contribution in [3.8, 4) is 0 Å². The smallest absolute Gasteiger partial charge is 0.261 e. The summed E-state index contributed by atoms with van der Waals surface area (Å²) in [6.07, 6.45) is 0. The number of sulfonamides is 1. The van der Waals surface area contributed by atoms with Gasteiger partial charge in [-0.15, -0.1) is 0 Å². The molecule has 0 aliphatic carbocycles. The highest BCUT2D eigenvalue weighted by Gasteiger charge is 2.18. The van der Waals surface area contributed by atoms with Gasteiger partial charge in [0, 0.05) is 5.56 Å². The van der Waals surface area contributed by atoms with E-state index in [1.54, 1.807) is 48.5 Å².